The number of nitro benzene ring substituents is 1. The van der Waals surface area contributed by atoms with Crippen molar-refractivity contribution in [3.63, 3.8) is 0 Å². The molecule has 0 saturated carbocycles. The second kappa shape index (κ2) is 5.71. The molecule has 1 amide bonds. The molecule has 0 aliphatic rings. The molecule has 2 aromatic rings. The van der Waals surface area contributed by atoms with Crippen molar-refractivity contribution in [3.05, 3.63) is 49.1 Å². The van der Waals surface area contributed by atoms with E-state index in [4.69, 9.17) is 0 Å². The summed E-state index contributed by atoms with van der Waals surface area (Å²) < 4.78 is 2.26. The lowest BCUT2D eigenvalue weighted by Crippen LogP contribution is -2.16. The molecule has 1 heterocycles. The topological polar surface area (TPSA) is 90.1 Å². The molecule has 2 rings (SSSR count). The molecule has 0 spiro atoms. The van der Waals surface area contributed by atoms with Gasteiger partial charge < -0.3 is 5.32 Å². The van der Waals surface area contributed by atoms with Crippen LogP contribution in [-0.4, -0.2) is 20.6 Å². The zero-order valence-electron chi connectivity index (χ0n) is 10.1. The van der Waals surface area contributed by atoms with Gasteiger partial charge in [0.25, 0.3) is 11.6 Å². The number of hydrogen-bond donors (Lipinski definition) is 1. The second-order valence-electron chi connectivity index (χ2n) is 3.84. The highest BCUT2D eigenvalue weighted by Gasteiger charge is 2.17. The Bertz CT molecular complexity index is 676. The van der Waals surface area contributed by atoms with Gasteiger partial charge >= 0.3 is 0 Å². The largest absolute Gasteiger partial charge is 0.319 e. The number of rotatable bonds is 3. The molecule has 0 bridgehead atoms. The van der Waals surface area contributed by atoms with E-state index in [0.717, 1.165) is 0 Å². The highest BCUT2D eigenvalue weighted by molar-refractivity contribution is 9.11. The summed E-state index contributed by atoms with van der Waals surface area (Å²) in [5.41, 5.74) is 0.714. The molecule has 104 valence electrons. The van der Waals surface area contributed by atoms with Gasteiger partial charge in [0.05, 0.1) is 10.6 Å². The lowest BCUT2D eigenvalue weighted by atomic mass is 10.2. The van der Waals surface area contributed by atoms with Crippen molar-refractivity contribution in [2.24, 2.45) is 7.05 Å². The summed E-state index contributed by atoms with van der Waals surface area (Å²) in [5.74, 6) is -0.361. The third-order valence-electron chi connectivity index (χ3n) is 2.53. The van der Waals surface area contributed by atoms with E-state index < -0.39 is 4.92 Å². The lowest BCUT2D eigenvalue weighted by Gasteiger charge is -2.09. The van der Waals surface area contributed by atoms with Crippen LogP contribution in [0.1, 0.15) is 10.5 Å². The third kappa shape index (κ3) is 2.88. The molecule has 0 radical (unpaired) electrons. The maximum Gasteiger partial charge on any atom is 0.273 e. The molecule has 0 aliphatic carbocycles. The number of amides is 1. The van der Waals surface area contributed by atoms with Crippen LogP contribution in [0.5, 0.6) is 0 Å². The van der Waals surface area contributed by atoms with Crippen LogP contribution in [0.3, 0.4) is 0 Å². The van der Waals surface area contributed by atoms with Gasteiger partial charge in [0.15, 0.2) is 0 Å². The second-order valence-corrected chi connectivity index (χ2v) is 5.54. The fourth-order valence-electron chi connectivity index (χ4n) is 1.56. The van der Waals surface area contributed by atoms with Crippen LogP contribution in [0, 0.1) is 10.1 Å². The fraction of sp³-hybridized carbons (Fsp3) is 0.0909. The number of benzene rings is 1. The van der Waals surface area contributed by atoms with E-state index >= 15 is 0 Å². The van der Waals surface area contributed by atoms with E-state index in [2.05, 4.69) is 42.3 Å². The van der Waals surface area contributed by atoms with Crippen LogP contribution >= 0.6 is 31.9 Å². The Balaban J connectivity index is 2.33. The number of anilines is 1. The first kappa shape index (κ1) is 14.7. The van der Waals surface area contributed by atoms with Crippen LogP contribution in [0.15, 0.2) is 33.3 Å². The minimum atomic E-state index is -0.512. The molecule has 1 N–H and O–H groups in total. The van der Waals surface area contributed by atoms with Crippen molar-refractivity contribution >= 4 is 49.1 Å². The molecule has 9 heteroatoms. The molecule has 0 fully saturated rings. The van der Waals surface area contributed by atoms with E-state index in [9.17, 15) is 14.9 Å². The number of nitro groups is 1. The third-order valence-corrected chi connectivity index (χ3v) is 3.78. The average molecular weight is 404 g/mol. The molecule has 0 aliphatic heterocycles. The number of halogens is 2. The minimum absolute atomic E-state index is 0.0812. The Morgan fingerprint density at radius 3 is 2.45 bits per heavy atom. The van der Waals surface area contributed by atoms with Gasteiger partial charge in [-0.3, -0.25) is 19.6 Å². The maximum absolute atomic E-state index is 12.1. The molecule has 20 heavy (non-hydrogen) atoms. The van der Waals surface area contributed by atoms with Crippen molar-refractivity contribution in [2.75, 3.05) is 5.32 Å². The Morgan fingerprint density at radius 2 is 2.00 bits per heavy atom. The quantitative estimate of drug-likeness (QED) is 0.629. The molecule has 0 unspecified atom stereocenters. The van der Waals surface area contributed by atoms with Crippen LogP contribution in [0.2, 0.25) is 0 Å². The normalized spacial score (nSPS) is 10.3. The van der Waals surface area contributed by atoms with Crippen LogP contribution in [0.25, 0.3) is 0 Å². The Morgan fingerprint density at radius 1 is 1.40 bits per heavy atom. The number of non-ortho nitro benzene ring substituents is 1. The number of nitrogens with one attached hydrogen (secondary N) is 1. The Hall–Kier alpha value is -1.74. The summed E-state index contributed by atoms with van der Waals surface area (Å²) >= 11 is 6.41. The standard InChI is InChI=1S/C11H8Br2N4O3/c1-16-9(2-3-14-16)11(18)15-10-7(12)4-6(17(19)20)5-8(10)13/h2-5H,1H3,(H,15,18). The number of hydrogen-bond acceptors (Lipinski definition) is 4. The lowest BCUT2D eigenvalue weighted by molar-refractivity contribution is -0.385. The molecule has 1 aromatic heterocycles. The van der Waals surface area contributed by atoms with Crippen molar-refractivity contribution in [1.29, 1.82) is 0 Å². The summed E-state index contributed by atoms with van der Waals surface area (Å²) in [7, 11) is 1.65. The average Bonchev–Trinajstić information content (AvgIpc) is 2.79. The van der Waals surface area contributed by atoms with Gasteiger partial charge in [-0.1, -0.05) is 0 Å². The van der Waals surface area contributed by atoms with Gasteiger partial charge in [0.2, 0.25) is 0 Å². The fourth-order valence-corrected chi connectivity index (χ4v) is 2.92. The van der Waals surface area contributed by atoms with Crippen molar-refractivity contribution in [1.82, 2.24) is 9.78 Å². The first-order valence-electron chi connectivity index (χ1n) is 5.33. The summed E-state index contributed by atoms with van der Waals surface area (Å²) in [6, 6.07) is 4.22. The van der Waals surface area contributed by atoms with Crippen LogP contribution in [0.4, 0.5) is 11.4 Å². The molecule has 0 atom stereocenters. The van der Waals surface area contributed by atoms with Crippen LogP contribution < -0.4 is 5.32 Å². The summed E-state index contributed by atoms with van der Waals surface area (Å²) in [4.78, 5) is 22.3. The van der Waals surface area contributed by atoms with Crippen molar-refractivity contribution in [3.8, 4) is 0 Å². The summed E-state index contributed by atoms with van der Waals surface area (Å²) in [6.45, 7) is 0. The number of aryl methyl sites for hydroxylation is 1. The smallest absolute Gasteiger partial charge is 0.273 e. The van der Waals surface area contributed by atoms with Crippen molar-refractivity contribution < 1.29 is 9.72 Å². The predicted molar refractivity (Wildman–Crippen MR) is 79.7 cm³/mol. The van der Waals surface area contributed by atoms with E-state index in [0.29, 0.717) is 20.3 Å². The number of aromatic nitrogens is 2. The van der Waals surface area contributed by atoms with Gasteiger partial charge in [-0.2, -0.15) is 5.10 Å². The molecular weight excluding hydrogens is 396 g/mol. The molecule has 7 nitrogen and oxygen atoms in total. The van der Waals surface area contributed by atoms with Crippen molar-refractivity contribution in [2.45, 2.75) is 0 Å². The SMILES string of the molecule is Cn1nccc1C(=O)Nc1c(Br)cc([N+](=O)[O-])cc1Br. The number of nitrogens with zero attached hydrogens (tertiary/aromatic N) is 3. The Labute approximate surface area is 130 Å². The minimum Gasteiger partial charge on any atom is -0.319 e. The molecule has 1 aromatic carbocycles. The van der Waals surface area contributed by atoms with Gasteiger partial charge in [-0.25, -0.2) is 0 Å². The highest BCUT2D eigenvalue weighted by atomic mass is 79.9. The van der Waals surface area contributed by atoms with Gasteiger partial charge in [0, 0.05) is 34.3 Å². The summed E-state index contributed by atoms with van der Waals surface area (Å²) in [6.07, 6.45) is 1.51. The van der Waals surface area contributed by atoms with E-state index in [1.807, 2.05) is 0 Å². The predicted octanol–water partition coefficient (Wildman–Crippen LogP) is 3.11. The Kier molecular flexibility index (Phi) is 4.19. The highest BCUT2D eigenvalue weighted by Crippen LogP contribution is 2.35. The number of carbonyl (C=O) groups is 1. The van der Waals surface area contributed by atoms with E-state index in [1.165, 1.54) is 23.0 Å². The number of carbonyl (C=O) groups excluding carboxylic acids is 1. The van der Waals surface area contributed by atoms with Crippen LogP contribution in [-0.2, 0) is 7.05 Å². The monoisotopic (exact) mass is 402 g/mol. The first-order chi connectivity index (χ1) is 9.40. The van der Waals surface area contributed by atoms with Gasteiger partial charge in [-0.15, -0.1) is 0 Å². The van der Waals surface area contributed by atoms with Gasteiger partial charge in [-0.05, 0) is 37.9 Å². The zero-order valence-corrected chi connectivity index (χ0v) is 13.3. The summed E-state index contributed by atoms with van der Waals surface area (Å²) in [5, 5.41) is 17.3. The van der Waals surface area contributed by atoms with E-state index in [1.54, 1.807) is 13.1 Å². The maximum atomic E-state index is 12.1. The zero-order chi connectivity index (χ0) is 14.9. The molecule has 0 saturated heterocycles. The molecular formula is C11H8Br2N4O3. The van der Waals surface area contributed by atoms with Gasteiger partial charge in [0.1, 0.15) is 5.69 Å². The first-order valence-corrected chi connectivity index (χ1v) is 6.91. The van der Waals surface area contributed by atoms with E-state index in [-0.39, 0.29) is 11.6 Å².